The number of likely N-dealkylation sites (tertiary alicyclic amines) is 1. The monoisotopic (exact) mass is 392 g/mol. The van der Waals surface area contributed by atoms with Crippen molar-refractivity contribution in [2.45, 2.75) is 24.9 Å². The third-order valence-electron chi connectivity index (χ3n) is 5.29. The maximum atomic E-state index is 13.9. The molecule has 0 spiro atoms. The molecule has 8 heteroatoms. The first-order chi connectivity index (χ1) is 12.8. The van der Waals surface area contributed by atoms with E-state index in [1.807, 2.05) is 11.9 Å². The summed E-state index contributed by atoms with van der Waals surface area (Å²) in [5.41, 5.74) is 1.92. The van der Waals surface area contributed by atoms with E-state index in [4.69, 9.17) is 11.6 Å². The van der Waals surface area contributed by atoms with Gasteiger partial charge in [-0.1, -0.05) is 11.6 Å². The second kappa shape index (κ2) is 6.58. The zero-order chi connectivity index (χ0) is 19.3. The molecule has 0 bridgehead atoms. The number of aromatic nitrogens is 2. The van der Waals surface area contributed by atoms with Gasteiger partial charge in [-0.2, -0.15) is 5.10 Å². The van der Waals surface area contributed by atoms with E-state index in [2.05, 4.69) is 5.10 Å². The fraction of sp³-hybridized carbons (Fsp3) is 0.474. The Morgan fingerprint density at radius 2 is 2.15 bits per heavy atom. The van der Waals surface area contributed by atoms with Crippen molar-refractivity contribution < 1.29 is 14.3 Å². The first-order valence-corrected chi connectivity index (χ1v) is 9.38. The number of carbonyl (C=O) groups is 1. The van der Waals surface area contributed by atoms with Crippen LogP contribution in [0.5, 0.6) is 0 Å². The minimum Gasteiger partial charge on any atom is -0.385 e. The first-order valence-electron chi connectivity index (χ1n) is 9.00. The van der Waals surface area contributed by atoms with Gasteiger partial charge in [-0.3, -0.25) is 4.79 Å². The number of carbonyl (C=O) groups excluding carboxylic acids is 1. The highest BCUT2D eigenvalue weighted by molar-refractivity contribution is 6.30. The van der Waals surface area contributed by atoms with Gasteiger partial charge in [0, 0.05) is 37.5 Å². The number of hydrogen-bond donors (Lipinski definition) is 1. The van der Waals surface area contributed by atoms with Crippen molar-refractivity contribution in [2.24, 2.45) is 0 Å². The van der Waals surface area contributed by atoms with Gasteiger partial charge in [-0.05, 0) is 38.4 Å². The molecule has 2 aromatic rings. The number of fused-ring (bicyclic) bond motifs is 1. The molecule has 1 saturated heterocycles. The standard InChI is InChI=1S/C19H22ClFN4O2/c1-23-9-19(27,10-23)11-24(2)18(26)17-13-4-3-5-16(13)25(22-17)12-6-7-14(20)15(21)8-12/h6-8,27H,3-5,9-11H2,1-2H3. The van der Waals surface area contributed by atoms with Crippen LogP contribution in [0.15, 0.2) is 18.2 Å². The summed E-state index contributed by atoms with van der Waals surface area (Å²) in [6, 6.07) is 4.52. The van der Waals surface area contributed by atoms with Crippen LogP contribution >= 0.6 is 11.6 Å². The summed E-state index contributed by atoms with van der Waals surface area (Å²) in [5, 5.41) is 15.0. The highest BCUT2D eigenvalue weighted by Crippen LogP contribution is 2.30. The summed E-state index contributed by atoms with van der Waals surface area (Å²) >= 11 is 5.78. The van der Waals surface area contributed by atoms with E-state index in [1.54, 1.807) is 17.8 Å². The zero-order valence-electron chi connectivity index (χ0n) is 15.4. The van der Waals surface area contributed by atoms with E-state index in [1.165, 1.54) is 17.0 Å². The number of nitrogens with zero attached hydrogens (tertiary/aromatic N) is 4. The molecule has 6 nitrogen and oxygen atoms in total. The van der Waals surface area contributed by atoms with Crippen LogP contribution in [0, 0.1) is 5.82 Å². The third kappa shape index (κ3) is 3.24. The summed E-state index contributed by atoms with van der Waals surface area (Å²) in [4.78, 5) is 16.5. The average molecular weight is 393 g/mol. The van der Waals surface area contributed by atoms with Crippen LogP contribution in [0.25, 0.3) is 5.69 Å². The van der Waals surface area contributed by atoms with E-state index in [-0.39, 0.29) is 17.5 Å². The minimum absolute atomic E-state index is 0.0531. The van der Waals surface area contributed by atoms with Gasteiger partial charge in [-0.25, -0.2) is 9.07 Å². The molecule has 0 atom stereocenters. The molecular formula is C19H22ClFN4O2. The Bertz CT molecular complexity index is 907. The lowest BCUT2D eigenvalue weighted by atomic mass is 9.94. The Balaban J connectivity index is 1.64. The molecule has 1 aromatic heterocycles. The smallest absolute Gasteiger partial charge is 0.274 e. The van der Waals surface area contributed by atoms with Crippen LogP contribution in [0.1, 0.15) is 28.2 Å². The number of aliphatic hydroxyl groups is 1. The van der Waals surface area contributed by atoms with E-state index in [0.717, 1.165) is 30.5 Å². The zero-order valence-corrected chi connectivity index (χ0v) is 16.1. The molecule has 1 N–H and O–H groups in total. The lowest BCUT2D eigenvalue weighted by molar-refractivity contribution is -0.0961. The predicted octanol–water partition coefficient (Wildman–Crippen LogP) is 1.90. The van der Waals surface area contributed by atoms with Crippen LogP contribution in [0.4, 0.5) is 4.39 Å². The summed E-state index contributed by atoms with van der Waals surface area (Å²) in [6.07, 6.45) is 2.49. The van der Waals surface area contributed by atoms with Crippen LogP contribution in [-0.4, -0.2) is 69.9 Å². The van der Waals surface area contributed by atoms with Crippen molar-refractivity contribution in [3.8, 4) is 5.69 Å². The fourth-order valence-corrected chi connectivity index (χ4v) is 4.31. The number of amides is 1. The SMILES string of the molecule is CN1CC(O)(CN(C)C(=O)c2nn(-c3ccc(Cl)c(F)c3)c3c2CCC3)C1. The molecule has 4 rings (SSSR count). The van der Waals surface area contributed by atoms with E-state index < -0.39 is 11.4 Å². The molecular weight excluding hydrogens is 371 g/mol. The molecule has 1 aliphatic carbocycles. The lowest BCUT2D eigenvalue weighted by Gasteiger charge is -2.46. The Kier molecular flexibility index (Phi) is 4.49. The van der Waals surface area contributed by atoms with Gasteiger partial charge in [0.05, 0.1) is 17.3 Å². The maximum absolute atomic E-state index is 13.9. The van der Waals surface area contributed by atoms with E-state index in [9.17, 15) is 14.3 Å². The summed E-state index contributed by atoms with van der Waals surface area (Å²) in [6.45, 7) is 1.34. The molecule has 144 valence electrons. The van der Waals surface area contributed by atoms with Gasteiger partial charge in [0.2, 0.25) is 0 Å². The topological polar surface area (TPSA) is 61.6 Å². The van der Waals surface area contributed by atoms with Crippen LogP contribution < -0.4 is 0 Å². The normalized spacial score (nSPS) is 18.3. The molecule has 2 heterocycles. The van der Waals surface area contributed by atoms with Gasteiger partial charge in [-0.15, -0.1) is 0 Å². The Morgan fingerprint density at radius 1 is 1.41 bits per heavy atom. The van der Waals surface area contributed by atoms with E-state index in [0.29, 0.717) is 24.5 Å². The highest BCUT2D eigenvalue weighted by atomic mass is 35.5. The van der Waals surface area contributed by atoms with Gasteiger partial charge < -0.3 is 14.9 Å². The number of likely N-dealkylation sites (N-methyl/N-ethyl adjacent to an activating group) is 2. The van der Waals surface area contributed by atoms with Gasteiger partial charge in [0.25, 0.3) is 5.91 Å². The van der Waals surface area contributed by atoms with Crippen molar-refractivity contribution in [3.63, 3.8) is 0 Å². The fourth-order valence-electron chi connectivity index (χ4n) is 4.19. The van der Waals surface area contributed by atoms with Crippen molar-refractivity contribution in [1.82, 2.24) is 19.6 Å². The molecule has 0 radical (unpaired) electrons. The first kappa shape index (κ1) is 18.4. The average Bonchev–Trinajstić information content (AvgIpc) is 3.17. The molecule has 1 fully saturated rings. The number of hydrogen-bond acceptors (Lipinski definition) is 4. The number of rotatable bonds is 4. The second-order valence-electron chi connectivity index (χ2n) is 7.70. The summed E-state index contributed by atoms with van der Waals surface area (Å²) < 4.78 is 15.5. The van der Waals surface area contributed by atoms with Crippen LogP contribution in [0.3, 0.4) is 0 Å². The highest BCUT2D eigenvalue weighted by Gasteiger charge is 2.41. The number of β-amino-alcohol motifs (C(OH)–C–C–N with tert-alkyl or cyclic N) is 1. The second-order valence-corrected chi connectivity index (χ2v) is 8.10. The summed E-state index contributed by atoms with van der Waals surface area (Å²) in [5.74, 6) is -0.734. The third-order valence-corrected chi connectivity index (χ3v) is 5.59. The van der Waals surface area contributed by atoms with E-state index >= 15 is 0 Å². The Morgan fingerprint density at radius 3 is 2.81 bits per heavy atom. The molecule has 1 amide bonds. The van der Waals surface area contributed by atoms with Crippen LogP contribution in [-0.2, 0) is 12.8 Å². The Labute approximate surface area is 162 Å². The van der Waals surface area contributed by atoms with Gasteiger partial charge in [0.15, 0.2) is 5.69 Å². The molecule has 1 aromatic carbocycles. The molecule has 0 saturated carbocycles. The van der Waals surface area contributed by atoms with Crippen molar-refractivity contribution in [3.05, 3.63) is 46.0 Å². The van der Waals surface area contributed by atoms with Crippen molar-refractivity contribution in [1.29, 1.82) is 0 Å². The maximum Gasteiger partial charge on any atom is 0.274 e. The number of benzene rings is 1. The quantitative estimate of drug-likeness (QED) is 0.863. The van der Waals surface area contributed by atoms with Crippen molar-refractivity contribution in [2.75, 3.05) is 33.7 Å². The largest absolute Gasteiger partial charge is 0.385 e. The molecule has 1 aliphatic heterocycles. The molecule has 2 aliphatic rings. The summed E-state index contributed by atoms with van der Waals surface area (Å²) in [7, 11) is 3.61. The minimum atomic E-state index is -0.871. The van der Waals surface area contributed by atoms with Crippen LogP contribution in [0.2, 0.25) is 5.02 Å². The lowest BCUT2D eigenvalue weighted by Crippen LogP contribution is -2.65. The van der Waals surface area contributed by atoms with Crippen molar-refractivity contribution >= 4 is 17.5 Å². The molecule has 0 unspecified atom stereocenters. The van der Waals surface area contributed by atoms with Gasteiger partial charge >= 0.3 is 0 Å². The number of halogens is 2. The molecule has 27 heavy (non-hydrogen) atoms. The Hall–Kier alpha value is -1.96. The van der Waals surface area contributed by atoms with Gasteiger partial charge in [0.1, 0.15) is 11.4 Å². The predicted molar refractivity (Wildman–Crippen MR) is 100.0 cm³/mol.